The first-order valence-corrected chi connectivity index (χ1v) is 8.35. The maximum atomic E-state index is 12.6. The molecule has 0 fully saturated rings. The number of benzene rings is 2. The zero-order chi connectivity index (χ0) is 16.4. The van der Waals surface area contributed by atoms with Crippen molar-refractivity contribution >= 4 is 32.9 Å². The number of aromatic amines is 1. The first-order valence-electron chi connectivity index (χ1n) is 7.56. The van der Waals surface area contributed by atoms with E-state index in [9.17, 15) is 4.79 Å². The second-order valence-electron chi connectivity index (χ2n) is 5.81. The van der Waals surface area contributed by atoms with E-state index in [0.717, 1.165) is 21.3 Å². The molecule has 1 atom stereocenters. The summed E-state index contributed by atoms with van der Waals surface area (Å²) in [5.41, 5.74) is 2.50. The van der Waals surface area contributed by atoms with Gasteiger partial charge >= 0.3 is 0 Å². The molecule has 1 unspecified atom stereocenters. The summed E-state index contributed by atoms with van der Waals surface area (Å²) >= 11 is 3.42. The van der Waals surface area contributed by atoms with Crippen molar-refractivity contribution in [1.82, 2.24) is 15.3 Å². The van der Waals surface area contributed by atoms with Gasteiger partial charge in [-0.05, 0) is 46.1 Å². The molecule has 4 nitrogen and oxygen atoms in total. The van der Waals surface area contributed by atoms with Crippen LogP contribution >= 0.6 is 15.9 Å². The Morgan fingerprint density at radius 3 is 2.52 bits per heavy atom. The predicted molar refractivity (Wildman–Crippen MR) is 95.3 cm³/mol. The molecule has 118 valence electrons. The number of hydrogen-bond acceptors (Lipinski definition) is 2. The van der Waals surface area contributed by atoms with Gasteiger partial charge in [0.15, 0.2) is 0 Å². The molecule has 3 aromatic rings. The van der Waals surface area contributed by atoms with Gasteiger partial charge in [0.25, 0.3) is 5.91 Å². The number of rotatable bonds is 4. The number of H-pyrrole nitrogens is 1. The van der Waals surface area contributed by atoms with Gasteiger partial charge in [0, 0.05) is 4.47 Å². The molecule has 1 amide bonds. The monoisotopic (exact) mass is 371 g/mol. The first kappa shape index (κ1) is 15.7. The minimum Gasteiger partial charge on any atom is -0.342 e. The van der Waals surface area contributed by atoms with Crippen LogP contribution in [0.1, 0.15) is 36.1 Å². The Morgan fingerprint density at radius 1 is 1.13 bits per heavy atom. The fraction of sp³-hybridized carbons (Fsp3) is 0.222. The summed E-state index contributed by atoms with van der Waals surface area (Å²) in [7, 11) is 0. The summed E-state index contributed by atoms with van der Waals surface area (Å²) in [6, 6.07) is 15.1. The van der Waals surface area contributed by atoms with Gasteiger partial charge in [-0.15, -0.1) is 0 Å². The molecule has 23 heavy (non-hydrogen) atoms. The van der Waals surface area contributed by atoms with Crippen molar-refractivity contribution in [3.05, 3.63) is 64.4 Å². The molecule has 5 heteroatoms. The molecule has 3 rings (SSSR count). The third-order valence-corrected chi connectivity index (χ3v) is 4.47. The molecule has 0 spiro atoms. The third-order valence-electron chi connectivity index (χ3n) is 3.77. The minimum atomic E-state index is -0.179. The van der Waals surface area contributed by atoms with Gasteiger partial charge in [0.1, 0.15) is 5.82 Å². The maximum Gasteiger partial charge on any atom is 0.253 e. The number of para-hydroxylation sites is 2. The van der Waals surface area contributed by atoms with E-state index < -0.39 is 0 Å². The number of imidazole rings is 1. The van der Waals surface area contributed by atoms with Gasteiger partial charge < -0.3 is 10.3 Å². The van der Waals surface area contributed by atoms with Crippen LogP contribution in [0.15, 0.2) is 53.0 Å². The number of amides is 1. The average molecular weight is 372 g/mol. The molecular formula is C18H18BrN3O. The Hall–Kier alpha value is -2.14. The number of nitrogens with one attached hydrogen (secondary N) is 2. The van der Waals surface area contributed by atoms with Crippen molar-refractivity contribution in [2.75, 3.05) is 0 Å². The topological polar surface area (TPSA) is 57.8 Å². The Balaban J connectivity index is 1.90. The molecule has 0 saturated carbocycles. The lowest BCUT2D eigenvalue weighted by Crippen LogP contribution is -2.32. The van der Waals surface area contributed by atoms with Crippen molar-refractivity contribution in [2.45, 2.75) is 19.9 Å². The highest BCUT2D eigenvalue weighted by molar-refractivity contribution is 9.10. The van der Waals surface area contributed by atoms with Gasteiger partial charge in [-0.25, -0.2) is 4.98 Å². The fourth-order valence-electron chi connectivity index (χ4n) is 2.53. The highest BCUT2D eigenvalue weighted by Gasteiger charge is 2.23. The number of fused-ring (bicyclic) bond motifs is 1. The van der Waals surface area contributed by atoms with E-state index in [1.54, 1.807) is 6.07 Å². The van der Waals surface area contributed by atoms with Crippen LogP contribution < -0.4 is 5.32 Å². The van der Waals surface area contributed by atoms with Gasteiger partial charge in [-0.1, -0.05) is 38.1 Å². The molecule has 2 N–H and O–H groups in total. The SMILES string of the molecule is CC(C)C(NC(=O)c1ccccc1Br)c1nc2ccccc2[nH]1. The molecule has 0 bridgehead atoms. The minimum absolute atomic E-state index is 0.114. The summed E-state index contributed by atoms with van der Waals surface area (Å²) in [6.07, 6.45) is 0. The second-order valence-corrected chi connectivity index (χ2v) is 6.67. The molecule has 1 heterocycles. The number of nitrogens with zero attached hydrogens (tertiary/aromatic N) is 1. The zero-order valence-corrected chi connectivity index (χ0v) is 14.6. The number of carbonyl (C=O) groups excluding carboxylic acids is 1. The second kappa shape index (κ2) is 6.54. The van der Waals surface area contributed by atoms with Crippen LogP contribution in [0, 0.1) is 5.92 Å². The smallest absolute Gasteiger partial charge is 0.253 e. The predicted octanol–water partition coefficient (Wildman–Crippen LogP) is 4.45. The molecule has 1 aromatic heterocycles. The Morgan fingerprint density at radius 2 is 1.83 bits per heavy atom. The van der Waals surface area contributed by atoms with Crippen molar-refractivity contribution in [1.29, 1.82) is 0 Å². The fourth-order valence-corrected chi connectivity index (χ4v) is 3.00. The quantitative estimate of drug-likeness (QED) is 0.711. The van der Waals surface area contributed by atoms with E-state index in [-0.39, 0.29) is 17.9 Å². The van der Waals surface area contributed by atoms with E-state index >= 15 is 0 Å². The highest BCUT2D eigenvalue weighted by Crippen LogP contribution is 2.24. The molecule has 0 aliphatic carbocycles. The molecule has 0 saturated heterocycles. The van der Waals surface area contributed by atoms with Crippen LogP contribution in [0.3, 0.4) is 0 Å². The van der Waals surface area contributed by atoms with Crippen molar-refractivity contribution in [3.63, 3.8) is 0 Å². The molecule has 2 aromatic carbocycles. The van der Waals surface area contributed by atoms with E-state index in [0.29, 0.717) is 5.56 Å². The van der Waals surface area contributed by atoms with Crippen molar-refractivity contribution < 1.29 is 4.79 Å². The molecule has 0 aliphatic rings. The van der Waals surface area contributed by atoms with E-state index in [4.69, 9.17) is 0 Å². The lowest BCUT2D eigenvalue weighted by atomic mass is 10.0. The van der Waals surface area contributed by atoms with Crippen LogP contribution in [0.25, 0.3) is 11.0 Å². The highest BCUT2D eigenvalue weighted by atomic mass is 79.9. The summed E-state index contributed by atoms with van der Waals surface area (Å²) < 4.78 is 0.782. The van der Waals surface area contributed by atoms with Gasteiger partial charge in [0.05, 0.1) is 22.6 Å². The summed E-state index contributed by atoms with van der Waals surface area (Å²) in [6.45, 7) is 4.14. The van der Waals surface area contributed by atoms with E-state index in [2.05, 4.69) is 45.1 Å². The van der Waals surface area contributed by atoms with E-state index in [1.165, 1.54) is 0 Å². The summed E-state index contributed by atoms with van der Waals surface area (Å²) in [4.78, 5) is 20.5. The van der Waals surface area contributed by atoms with Gasteiger partial charge in [-0.2, -0.15) is 0 Å². The Kier molecular flexibility index (Phi) is 4.48. The lowest BCUT2D eigenvalue weighted by Gasteiger charge is -2.20. The van der Waals surface area contributed by atoms with Crippen LogP contribution in [0.2, 0.25) is 0 Å². The van der Waals surface area contributed by atoms with Gasteiger partial charge in [-0.3, -0.25) is 4.79 Å². The standard InChI is InChI=1S/C18H18BrN3O/c1-11(2)16(17-20-14-9-5-6-10-15(14)21-17)22-18(23)12-7-3-4-8-13(12)19/h3-11,16H,1-2H3,(H,20,21)(H,22,23). The Bertz CT molecular complexity index is 808. The summed E-state index contributed by atoms with van der Waals surface area (Å²) in [5, 5.41) is 3.09. The normalized spacial score (nSPS) is 12.5. The van der Waals surface area contributed by atoms with Crippen LogP contribution in [0.4, 0.5) is 0 Å². The average Bonchev–Trinajstić information content (AvgIpc) is 2.96. The summed E-state index contributed by atoms with van der Waals surface area (Å²) in [5.74, 6) is 0.875. The number of carbonyl (C=O) groups is 1. The van der Waals surface area contributed by atoms with Gasteiger partial charge in [0.2, 0.25) is 0 Å². The van der Waals surface area contributed by atoms with Crippen LogP contribution in [0.5, 0.6) is 0 Å². The number of halogens is 1. The molecule has 0 radical (unpaired) electrons. The van der Waals surface area contributed by atoms with Crippen LogP contribution in [-0.2, 0) is 0 Å². The van der Waals surface area contributed by atoms with Crippen molar-refractivity contribution in [3.8, 4) is 0 Å². The lowest BCUT2D eigenvalue weighted by molar-refractivity contribution is 0.0922. The van der Waals surface area contributed by atoms with Crippen molar-refractivity contribution in [2.24, 2.45) is 5.92 Å². The third kappa shape index (κ3) is 3.29. The number of aromatic nitrogens is 2. The maximum absolute atomic E-state index is 12.6. The first-order chi connectivity index (χ1) is 11.1. The molecule has 0 aliphatic heterocycles. The zero-order valence-electron chi connectivity index (χ0n) is 13.0. The Labute approximate surface area is 143 Å². The largest absolute Gasteiger partial charge is 0.342 e. The van der Waals surface area contributed by atoms with Crippen LogP contribution in [-0.4, -0.2) is 15.9 Å². The number of hydrogen-bond donors (Lipinski definition) is 2. The van der Waals surface area contributed by atoms with E-state index in [1.807, 2.05) is 42.5 Å². The molecular weight excluding hydrogens is 354 g/mol.